The number of carbonyl (C=O) groups is 3. The number of carbonyl (C=O) groups excluding carboxylic acids is 3. The molecule has 1 aromatic heterocycles. The van der Waals surface area contributed by atoms with Crippen molar-refractivity contribution in [3.05, 3.63) is 24.3 Å². The first-order valence-electron chi connectivity index (χ1n) is 9.19. The maximum absolute atomic E-state index is 13.0. The predicted molar refractivity (Wildman–Crippen MR) is 98.6 cm³/mol. The first kappa shape index (κ1) is 20.8. The third-order valence-electron chi connectivity index (χ3n) is 4.83. The van der Waals surface area contributed by atoms with Crippen molar-refractivity contribution in [2.75, 3.05) is 7.11 Å². The molecule has 0 radical (unpaired) electrons. The van der Waals surface area contributed by atoms with E-state index in [0.29, 0.717) is 0 Å². The zero-order valence-corrected chi connectivity index (χ0v) is 16.3. The Labute approximate surface area is 159 Å². The van der Waals surface area contributed by atoms with Gasteiger partial charge in [0.2, 0.25) is 5.91 Å². The van der Waals surface area contributed by atoms with Gasteiger partial charge in [0.25, 0.3) is 5.91 Å². The minimum atomic E-state index is -0.813. The van der Waals surface area contributed by atoms with Gasteiger partial charge in [0.1, 0.15) is 17.8 Å². The Bertz CT molecular complexity index is 666. The number of hydrogen-bond donors (Lipinski definition) is 2. The summed E-state index contributed by atoms with van der Waals surface area (Å²) in [4.78, 5) is 45.5. The largest absolute Gasteiger partial charge is 0.467 e. The number of methoxy groups -OCH3 is 1. The Morgan fingerprint density at radius 1 is 1.15 bits per heavy atom. The van der Waals surface area contributed by atoms with E-state index in [2.05, 4.69) is 20.6 Å². The summed E-state index contributed by atoms with van der Waals surface area (Å²) in [5.41, 5.74) is -0.383. The number of hydrogen-bond acceptors (Lipinski definition) is 6. The molecule has 1 fully saturated rings. The van der Waals surface area contributed by atoms with Gasteiger partial charge in [-0.3, -0.25) is 14.6 Å². The van der Waals surface area contributed by atoms with Gasteiger partial charge in [-0.25, -0.2) is 9.78 Å². The molecule has 148 valence electrons. The van der Waals surface area contributed by atoms with Gasteiger partial charge >= 0.3 is 5.97 Å². The van der Waals surface area contributed by atoms with Gasteiger partial charge < -0.3 is 15.4 Å². The number of amides is 2. The van der Waals surface area contributed by atoms with Gasteiger partial charge in [-0.1, -0.05) is 33.6 Å². The van der Waals surface area contributed by atoms with Crippen LogP contribution in [0.3, 0.4) is 0 Å². The lowest BCUT2D eigenvalue weighted by Gasteiger charge is -2.32. The van der Waals surface area contributed by atoms with Gasteiger partial charge in [-0.2, -0.15) is 0 Å². The van der Waals surface area contributed by atoms with Crippen molar-refractivity contribution in [2.45, 2.75) is 58.5 Å². The standard InChI is InChI=1S/C19H28N4O4/c1-19(2,3)15(18(26)27-4)23-17(25)14(12-7-5-6-8-12)22-16(24)13-11-20-9-10-21-13/h9-12,14-15H,5-8H2,1-4H3,(H,22,24)(H,23,25)/t14?,15-/m1/s1. The smallest absolute Gasteiger partial charge is 0.328 e. The van der Waals surface area contributed by atoms with Crippen molar-refractivity contribution in [1.82, 2.24) is 20.6 Å². The van der Waals surface area contributed by atoms with E-state index in [1.54, 1.807) is 0 Å². The molecular weight excluding hydrogens is 348 g/mol. The highest BCUT2D eigenvalue weighted by Crippen LogP contribution is 2.29. The van der Waals surface area contributed by atoms with Gasteiger partial charge in [0, 0.05) is 12.4 Å². The molecule has 27 heavy (non-hydrogen) atoms. The summed E-state index contributed by atoms with van der Waals surface area (Å²) < 4.78 is 4.84. The fourth-order valence-electron chi connectivity index (χ4n) is 3.30. The van der Waals surface area contributed by atoms with Crippen molar-refractivity contribution in [2.24, 2.45) is 11.3 Å². The molecule has 0 bridgehead atoms. The van der Waals surface area contributed by atoms with E-state index in [9.17, 15) is 14.4 Å². The van der Waals surface area contributed by atoms with Crippen LogP contribution in [-0.4, -0.2) is 46.9 Å². The number of nitrogens with one attached hydrogen (secondary N) is 2. The van der Waals surface area contributed by atoms with Crippen LogP contribution in [-0.2, 0) is 14.3 Å². The second kappa shape index (κ2) is 8.92. The highest BCUT2D eigenvalue weighted by Gasteiger charge is 2.38. The minimum Gasteiger partial charge on any atom is -0.467 e. The van der Waals surface area contributed by atoms with Gasteiger partial charge in [0.15, 0.2) is 0 Å². The summed E-state index contributed by atoms with van der Waals surface area (Å²) in [6, 6.07) is -1.55. The van der Waals surface area contributed by atoms with Crippen molar-refractivity contribution in [3.8, 4) is 0 Å². The molecule has 1 aliphatic carbocycles. The molecule has 8 nitrogen and oxygen atoms in total. The molecule has 1 unspecified atom stereocenters. The van der Waals surface area contributed by atoms with Crippen LogP contribution in [0.5, 0.6) is 0 Å². The second-order valence-electron chi connectivity index (χ2n) is 7.92. The number of nitrogens with zero attached hydrogens (tertiary/aromatic N) is 2. The Balaban J connectivity index is 2.18. The highest BCUT2D eigenvalue weighted by molar-refractivity contribution is 5.96. The van der Waals surface area contributed by atoms with Crippen LogP contribution >= 0.6 is 0 Å². The average Bonchev–Trinajstić information content (AvgIpc) is 3.17. The molecule has 2 amide bonds. The normalized spacial score (nSPS) is 17.0. The maximum atomic E-state index is 13.0. The third-order valence-corrected chi connectivity index (χ3v) is 4.83. The summed E-state index contributed by atoms with van der Waals surface area (Å²) >= 11 is 0. The van der Waals surface area contributed by atoms with Crippen molar-refractivity contribution in [1.29, 1.82) is 0 Å². The quantitative estimate of drug-likeness (QED) is 0.728. The molecule has 0 aliphatic heterocycles. The lowest BCUT2D eigenvalue weighted by molar-refractivity contribution is -0.148. The SMILES string of the molecule is COC(=O)[C@@H](NC(=O)C(NC(=O)c1cnccn1)C1CCCC1)C(C)(C)C. The monoisotopic (exact) mass is 376 g/mol. The summed E-state index contributed by atoms with van der Waals surface area (Å²) in [5.74, 6) is -1.34. The van der Waals surface area contributed by atoms with Gasteiger partial charge in [0.05, 0.1) is 13.3 Å². The molecule has 1 saturated carbocycles. The predicted octanol–water partition coefficient (Wildman–Crippen LogP) is 1.47. The summed E-state index contributed by atoms with van der Waals surface area (Å²) in [5, 5.41) is 5.56. The van der Waals surface area contributed by atoms with E-state index in [1.165, 1.54) is 25.7 Å². The molecule has 0 aromatic carbocycles. The van der Waals surface area contributed by atoms with E-state index in [1.807, 2.05) is 20.8 Å². The average molecular weight is 376 g/mol. The van der Waals surface area contributed by atoms with E-state index in [4.69, 9.17) is 4.74 Å². The van der Waals surface area contributed by atoms with Crippen LogP contribution in [0.25, 0.3) is 0 Å². The van der Waals surface area contributed by atoms with Gasteiger partial charge in [-0.15, -0.1) is 0 Å². The van der Waals surface area contributed by atoms with Crippen LogP contribution < -0.4 is 10.6 Å². The van der Waals surface area contributed by atoms with Crippen molar-refractivity contribution >= 4 is 17.8 Å². The molecule has 0 spiro atoms. The molecule has 1 aromatic rings. The Hall–Kier alpha value is -2.51. The van der Waals surface area contributed by atoms with Crippen LogP contribution in [0.4, 0.5) is 0 Å². The summed E-state index contributed by atoms with van der Waals surface area (Å²) in [6.07, 6.45) is 7.96. The topological polar surface area (TPSA) is 110 Å². The lowest BCUT2D eigenvalue weighted by atomic mass is 9.86. The highest BCUT2D eigenvalue weighted by atomic mass is 16.5. The lowest BCUT2D eigenvalue weighted by Crippen LogP contribution is -2.57. The molecule has 8 heteroatoms. The molecule has 2 rings (SSSR count). The first-order valence-corrected chi connectivity index (χ1v) is 9.19. The first-order chi connectivity index (χ1) is 12.7. The Kier molecular flexibility index (Phi) is 6.87. The third kappa shape index (κ3) is 5.48. The minimum absolute atomic E-state index is 0.0175. The maximum Gasteiger partial charge on any atom is 0.328 e. The number of ether oxygens (including phenoxy) is 1. The molecule has 0 saturated heterocycles. The van der Waals surface area contributed by atoms with E-state index in [-0.39, 0.29) is 17.5 Å². The molecule has 2 atom stereocenters. The molecule has 2 N–H and O–H groups in total. The van der Waals surface area contributed by atoms with E-state index >= 15 is 0 Å². The van der Waals surface area contributed by atoms with Crippen molar-refractivity contribution < 1.29 is 19.1 Å². The van der Waals surface area contributed by atoms with Crippen LogP contribution in [0, 0.1) is 11.3 Å². The Morgan fingerprint density at radius 2 is 1.81 bits per heavy atom. The number of esters is 1. The number of aromatic nitrogens is 2. The van der Waals surface area contributed by atoms with Crippen LogP contribution in [0.2, 0.25) is 0 Å². The zero-order valence-electron chi connectivity index (χ0n) is 16.3. The van der Waals surface area contributed by atoms with Crippen LogP contribution in [0.15, 0.2) is 18.6 Å². The second-order valence-corrected chi connectivity index (χ2v) is 7.92. The van der Waals surface area contributed by atoms with E-state index < -0.39 is 29.4 Å². The molecule has 1 heterocycles. The van der Waals surface area contributed by atoms with Crippen molar-refractivity contribution in [3.63, 3.8) is 0 Å². The fraction of sp³-hybridized carbons (Fsp3) is 0.632. The summed E-state index contributed by atoms with van der Waals surface area (Å²) in [7, 11) is 1.29. The van der Waals surface area contributed by atoms with E-state index in [0.717, 1.165) is 25.7 Å². The zero-order chi connectivity index (χ0) is 20.0. The molecular formula is C19H28N4O4. The Morgan fingerprint density at radius 3 is 2.33 bits per heavy atom. The van der Waals surface area contributed by atoms with Crippen LogP contribution in [0.1, 0.15) is 56.9 Å². The molecule has 1 aliphatic rings. The summed E-state index contributed by atoms with van der Waals surface area (Å²) in [6.45, 7) is 5.53. The van der Waals surface area contributed by atoms with Gasteiger partial charge in [-0.05, 0) is 24.2 Å². The fourth-order valence-corrected chi connectivity index (χ4v) is 3.30. The number of rotatable bonds is 6.